The van der Waals surface area contributed by atoms with Gasteiger partial charge in [-0.05, 0) is 43.2 Å². The van der Waals surface area contributed by atoms with E-state index in [1.54, 1.807) is 18.3 Å². The van der Waals surface area contributed by atoms with Gasteiger partial charge in [-0.25, -0.2) is 9.37 Å². The summed E-state index contributed by atoms with van der Waals surface area (Å²) in [7, 11) is 0. The van der Waals surface area contributed by atoms with Crippen molar-refractivity contribution in [1.82, 2.24) is 14.6 Å². The highest BCUT2D eigenvalue weighted by molar-refractivity contribution is 5.67. The van der Waals surface area contributed by atoms with Gasteiger partial charge in [0.25, 0.3) is 0 Å². The lowest BCUT2D eigenvalue weighted by Crippen LogP contribution is -2.46. The third-order valence-corrected chi connectivity index (χ3v) is 6.03. The lowest BCUT2D eigenvalue weighted by molar-refractivity contribution is 0.00741. The zero-order valence-corrected chi connectivity index (χ0v) is 15.3. The average molecular weight is 366 g/mol. The van der Waals surface area contributed by atoms with Crippen molar-refractivity contribution >= 4 is 11.5 Å². The number of anilines is 1. The van der Waals surface area contributed by atoms with E-state index in [-0.39, 0.29) is 5.82 Å². The molecule has 0 atom stereocenters. The fourth-order valence-corrected chi connectivity index (χ4v) is 4.54. The summed E-state index contributed by atoms with van der Waals surface area (Å²) in [6, 6.07) is 10.7. The molecular weight excluding hydrogens is 343 g/mol. The molecule has 0 unspecified atom stereocenters. The summed E-state index contributed by atoms with van der Waals surface area (Å²) in [5, 5.41) is 4.48. The molecule has 2 aliphatic heterocycles. The van der Waals surface area contributed by atoms with Crippen LogP contribution < -0.4 is 4.90 Å². The molecule has 5 rings (SSSR count). The molecule has 0 saturated carbocycles. The molecule has 6 heteroatoms. The normalized spacial score (nSPS) is 19.7. The van der Waals surface area contributed by atoms with Gasteiger partial charge in [0.2, 0.25) is 0 Å². The van der Waals surface area contributed by atoms with E-state index in [2.05, 4.69) is 15.0 Å². The van der Waals surface area contributed by atoms with Gasteiger partial charge in [-0.15, -0.1) is 0 Å². The zero-order chi connectivity index (χ0) is 18.3. The van der Waals surface area contributed by atoms with Crippen LogP contribution in [0.4, 0.5) is 10.2 Å². The van der Waals surface area contributed by atoms with E-state index >= 15 is 0 Å². The Balaban J connectivity index is 1.58. The molecule has 2 aliphatic rings. The summed E-state index contributed by atoms with van der Waals surface area (Å²) >= 11 is 0. The van der Waals surface area contributed by atoms with Gasteiger partial charge in [-0.2, -0.15) is 9.61 Å². The maximum absolute atomic E-state index is 14.4. The molecule has 2 aromatic heterocycles. The lowest BCUT2D eigenvalue weighted by atomic mass is 9.74. The van der Waals surface area contributed by atoms with E-state index in [9.17, 15) is 4.39 Å². The first-order chi connectivity index (χ1) is 13.2. The molecule has 2 saturated heterocycles. The Morgan fingerprint density at radius 3 is 2.78 bits per heavy atom. The quantitative estimate of drug-likeness (QED) is 0.689. The van der Waals surface area contributed by atoms with Crippen molar-refractivity contribution in [2.45, 2.75) is 25.7 Å². The van der Waals surface area contributed by atoms with Gasteiger partial charge in [0, 0.05) is 44.0 Å². The van der Waals surface area contributed by atoms with Gasteiger partial charge in [0.1, 0.15) is 11.6 Å². The number of nitrogens with zero attached hydrogens (tertiary/aromatic N) is 4. The first-order valence-corrected chi connectivity index (χ1v) is 9.67. The summed E-state index contributed by atoms with van der Waals surface area (Å²) < 4.78 is 21.8. The number of piperidine rings is 1. The Morgan fingerprint density at radius 1 is 1.07 bits per heavy atom. The van der Waals surface area contributed by atoms with E-state index < -0.39 is 0 Å². The molecule has 0 radical (unpaired) electrons. The third-order valence-electron chi connectivity index (χ3n) is 6.03. The summed E-state index contributed by atoms with van der Waals surface area (Å²) in [4.78, 5) is 7.04. The molecule has 4 heterocycles. The van der Waals surface area contributed by atoms with Crippen molar-refractivity contribution in [2.75, 3.05) is 31.2 Å². The minimum absolute atomic E-state index is 0.251. The van der Waals surface area contributed by atoms with Crippen LogP contribution in [0.3, 0.4) is 0 Å². The Labute approximate surface area is 157 Å². The maximum atomic E-state index is 14.4. The van der Waals surface area contributed by atoms with Crippen LogP contribution in [0.15, 0.2) is 42.6 Å². The van der Waals surface area contributed by atoms with Crippen molar-refractivity contribution in [1.29, 1.82) is 0 Å². The van der Waals surface area contributed by atoms with Crippen LogP contribution in [0.5, 0.6) is 0 Å². The number of halogens is 1. The fourth-order valence-electron chi connectivity index (χ4n) is 4.54. The molecule has 5 nitrogen and oxygen atoms in total. The molecule has 1 spiro atoms. The first kappa shape index (κ1) is 16.7. The van der Waals surface area contributed by atoms with Gasteiger partial charge in [0.15, 0.2) is 5.65 Å². The second kappa shape index (κ2) is 6.60. The number of ether oxygens (including phenoxy) is 1. The number of fused-ring (bicyclic) bond motifs is 1. The average Bonchev–Trinajstić information content (AvgIpc) is 3.17. The highest BCUT2D eigenvalue weighted by atomic mass is 19.1. The smallest absolute Gasteiger partial charge is 0.157 e. The molecule has 2 fully saturated rings. The van der Waals surface area contributed by atoms with E-state index in [4.69, 9.17) is 4.74 Å². The minimum atomic E-state index is -0.251. The van der Waals surface area contributed by atoms with Crippen molar-refractivity contribution in [3.05, 3.63) is 48.4 Å². The predicted molar refractivity (Wildman–Crippen MR) is 102 cm³/mol. The van der Waals surface area contributed by atoms with Crippen molar-refractivity contribution in [2.24, 2.45) is 5.41 Å². The number of hydrogen-bond acceptors (Lipinski definition) is 4. The van der Waals surface area contributed by atoms with E-state index in [0.29, 0.717) is 16.7 Å². The van der Waals surface area contributed by atoms with Crippen LogP contribution in [-0.4, -0.2) is 40.9 Å². The summed E-state index contributed by atoms with van der Waals surface area (Å²) in [6.07, 6.45) is 6.37. The van der Waals surface area contributed by atoms with E-state index in [1.165, 1.54) is 12.5 Å². The Hall–Kier alpha value is -2.47. The summed E-state index contributed by atoms with van der Waals surface area (Å²) in [5.74, 6) is 0.744. The summed E-state index contributed by atoms with van der Waals surface area (Å²) in [6.45, 7) is 3.67. The van der Waals surface area contributed by atoms with E-state index in [1.807, 2.05) is 22.7 Å². The van der Waals surface area contributed by atoms with Gasteiger partial charge in [-0.1, -0.05) is 12.1 Å². The highest BCUT2D eigenvalue weighted by Gasteiger charge is 2.37. The molecule has 0 aliphatic carbocycles. The first-order valence-electron chi connectivity index (χ1n) is 9.67. The van der Waals surface area contributed by atoms with Crippen LogP contribution in [0, 0.1) is 11.2 Å². The lowest BCUT2D eigenvalue weighted by Gasteiger charge is -2.45. The molecule has 1 aromatic carbocycles. The highest BCUT2D eigenvalue weighted by Crippen LogP contribution is 2.41. The largest absolute Gasteiger partial charge is 0.381 e. The zero-order valence-electron chi connectivity index (χ0n) is 15.3. The Kier molecular flexibility index (Phi) is 4.08. The molecule has 0 N–H and O–H groups in total. The standard InChI is InChI=1S/C21H23FN4O/c22-17-5-2-1-4-16(17)18-14-20(26-19(24-18)6-10-23-26)25-11-3-7-21(15-25)8-12-27-13-9-21/h1-2,4-6,10,14H,3,7-9,11-13,15H2. The van der Waals surface area contributed by atoms with Crippen molar-refractivity contribution in [3.63, 3.8) is 0 Å². The van der Waals surface area contributed by atoms with Crippen LogP contribution in [-0.2, 0) is 4.74 Å². The van der Waals surface area contributed by atoms with Crippen LogP contribution in [0.1, 0.15) is 25.7 Å². The number of benzene rings is 1. The van der Waals surface area contributed by atoms with Gasteiger partial charge in [0.05, 0.1) is 11.9 Å². The SMILES string of the molecule is Fc1ccccc1-c1cc(N2CCCC3(CCOCC3)C2)n2nccc2n1. The second-order valence-corrected chi connectivity index (χ2v) is 7.72. The monoisotopic (exact) mass is 366 g/mol. The van der Waals surface area contributed by atoms with Crippen LogP contribution in [0.2, 0.25) is 0 Å². The molecule has 0 bridgehead atoms. The number of rotatable bonds is 2. The molecule has 0 amide bonds. The third kappa shape index (κ3) is 2.98. The van der Waals surface area contributed by atoms with Gasteiger partial charge >= 0.3 is 0 Å². The minimum Gasteiger partial charge on any atom is -0.381 e. The molecular formula is C21H23FN4O. The van der Waals surface area contributed by atoms with Crippen molar-refractivity contribution < 1.29 is 9.13 Å². The predicted octanol–water partition coefficient (Wildman–Crippen LogP) is 3.93. The fraction of sp³-hybridized carbons (Fsp3) is 0.429. The molecule has 3 aromatic rings. The number of aromatic nitrogens is 3. The van der Waals surface area contributed by atoms with Crippen molar-refractivity contribution in [3.8, 4) is 11.3 Å². The maximum Gasteiger partial charge on any atom is 0.157 e. The van der Waals surface area contributed by atoms with Crippen LogP contribution in [0.25, 0.3) is 16.9 Å². The van der Waals surface area contributed by atoms with E-state index in [0.717, 1.165) is 57.0 Å². The Bertz CT molecular complexity index is 958. The van der Waals surface area contributed by atoms with Gasteiger partial charge < -0.3 is 9.64 Å². The van der Waals surface area contributed by atoms with Crippen LogP contribution >= 0.6 is 0 Å². The summed E-state index contributed by atoms with van der Waals surface area (Å²) in [5.41, 5.74) is 2.25. The number of hydrogen-bond donors (Lipinski definition) is 0. The van der Waals surface area contributed by atoms with Gasteiger partial charge in [-0.3, -0.25) is 0 Å². The molecule has 27 heavy (non-hydrogen) atoms. The second-order valence-electron chi connectivity index (χ2n) is 7.72. The Morgan fingerprint density at radius 2 is 1.93 bits per heavy atom. The topological polar surface area (TPSA) is 42.7 Å². The molecule has 140 valence electrons.